The number of nitrogens with zero attached hydrogens (tertiary/aromatic N) is 2. The van der Waals surface area contributed by atoms with E-state index in [9.17, 15) is 4.79 Å². The van der Waals surface area contributed by atoms with Crippen LogP contribution in [-0.4, -0.2) is 75.4 Å². The van der Waals surface area contributed by atoms with E-state index in [0.29, 0.717) is 5.75 Å². The Bertz CT molecular complexity index is 490. The van der Waals surface area contributed by atoms with E-state index < -0.39 is 0 Å². The third kappa shape index (κ3) is 6.95. The SMILES string of the molecule is COc1ccc(OCC(=O)OC(C)CN2CCN(C)CC2)cc1.Cl. The summed E-state index contributed by atoms with van der Waals surface area (Å²) >= 11 is 0. The summed E-state index contributed by atoms with van der Waals surface area (Å²) in [6.45, 7) is 6.75. The molecule has 1 heterocycles. The zero-order chi connectivity index (χ0) is 16.7. The van der Waals surface area contributed by atoms with Crippen molar-refractivity contribution in [3.05, 3.63) is 24.3 Å². The van der Waals surface area contributed by atoms with Gasteiger partial charge in [0.15, 0.2) is 6.61 Å². The second-order valence-electron chi connectivity index (χ2n) is 5.87. The van der Waals surface area contributed by atoms with Gasteiger partial charge in [0, 0.05) is 32.7 Å². The zero-order valence-electron chi connectivity index (χ0n) is 14.6. The Kier molecular flexibility index (Phi) is 8.89. The van der Waals surface area contributed by atoms with E-state index in [0.717, 1.165) is 38.5 Å². The van der Waals surface area contributed by atoms with Gasteiger partial charge in [-0.2, -0.15) is 0 Å². The molecule has 1 unspecified atom stereocenters. The Morgan fingerprint density at radius 2 is 1.71 bits per heavy atom. The van der Waals surface area contributed by atoms with E-state index in [1.54, 1.807) is 31.4 Å². The van der Waals surface area contributed by atoms with Gasteiger partial charge in [-0.15, -0.1) is 12.4 Å². The monoisotopic (exact) mass is 358 g/mol. The lowest BCUT2D eigenvalue weighted by Gasteiger charge is -2.33. The summed E-state index contributed by atoms with van der Waals surface area (Å²) in [7, 11) is 3.73. The zero-order valence-corrected chi connectivity index (χ0v) is 15.4. The van der Waals surface area contributed by atoms with Gasteiger partial charge < -0.3 is 19.1 Å². The van der Waals surface area contributed by atoms with Gasteiger partial charge >= 0.3 is 5.97 Å². The van der Waals surface area contributed by atoms with Crippen molar-refractivity contribution in [2.24, 2.45) is 0 Å². The number of halogens is 1. The fraction of sp³-hybridized carbons (Fsp3) is 0.588. The normalized spacial score (nSPS) is 16.8. The highest BCUT2D eigenvalue weighted by atomic mass is 35.5. The summed E-state index contributed by atoms with van der Waals surface area (Å²) in [4.78, 5) is 16.5. The van der Waals surface area contributed by atoms with Gasteiger partial charge in [0.05, 0.1) is 7.11 Å². The highest BCUT2D eigenvalue weighted by Crippen LogP contribution is 2.16. The molecule has 1 saturated heterocycles. The first-order valence-electron chi connectivity index (χ1n) is 7.94. The van der Waals surface area contributed by atoms with Crippen LogP contribution in [0.3, 0.4) is 0 Å². The Morgan fingerprint density at radius 1 is 1.12 bits per heavy atom. The van der Waals surface area contributed by atoms with E-state index in [1.807, 2.05) is 6.92 Å². The van der Waals surface area contributed by atoms with E-state index >= 15 is 0 Å². The molecule has 0 aliphatic carbocycles. The molecule has 0 N–H and O–H groups in total. The van der Waals surface area contributed by atoms with Crippen LogP contribution >= 0.6 is 12.4 Å². The third-order valence-corrected chi connectivity index (χ3v) is 3.86. The molecule has 1 atom stereocenters. The van der Waals surface area contributed by atoms with Crippen molar-refractivity contribution in [1.82, 2.24) is 9.80 Å². The molecule has 136 valence electrons. The molecular formula is C17H27ClN2O4. The fourth-order valence-electron chi connectivity index (χ4n) is 2.50. The molecular weight excluding hydrogens is 332 g/mol. The van der Waals surface area contributed by atoms with Crippen LogP contribution in [-0.2, 0) is 9.53 Å². The summed E-state index contributed by atoms with van der Waals surface area (Å²) in [6.07, 6.45) is -0.134. The lowest BCUT2D eigenvalue weighted by molar-refractivity contribution is -0.151. The number of rotatable bonds is 7. The summed E-state index contributed by atoms with van der Waals surface area (Å²) < 4.78 is 15.9. The van der Waals surface area contributed by atoms with Crippen LogP contribution in [0.25, 0.3) is 0 Å². The lowest BCUT2D eigenvalue weighted by atomic mass is 10.3. The van der Waals surface area contributed by atoms with Gasteiger partial charge in [-0.25, -0.2) is 4.79 Å². The van der Waals surface area contributed by atoms with Crippen molar-refractivity contribution in [3.63, 3.8) is 0 Å². The Labute approximate surface area is 150 Å². The summed E-state index contributed by atoms with van der Waals surface area (Å²) in [6, 6.07) is 7.10. The smallest absolute Gasteiger partial charge is 0.344 e. The van der Waals surface area contributed by atoms with Gasteiger partial charge in [0.2, 0.25) is 0 Å². The Morgan fingerprint density at radius 3 is 2.29 bits per heavy atom. The number of carbonyl (C=O) groups excluding carboxylic acids is 1. The molecule has 1 fully saturated rings. The molecule has 7 heteroatoms. The average molecular weight is 359 g/mol. The summed E-state index contributed by atoms with van der Waals surface area (Å²) in [5, 5.41) is 0. The van der Waals surface area contributed by atoms with Crippen LogP contribution in [0, 0.1) is 0 Å². The molecule has 0 bridgehead atoms. The van der Waals surface area contributed by atoms with Gasteiger partial charge in [-0.3, -0.25) is 4.90 Å². The number of hydrogen-bond donors (Lipinski definition) is 0. The van der Waals surface area contributed by atoms with Crippen LogP contribution in [0.5, 0.6) is 11.5 Å². The van der Waals surface area contributed by atoms with Crippen LogP contribution in [0.2, 0.25) is 0 Å². The molecule has 0 aromatic heterocycles. The highest BCUT2D eigenvalue weighted by Gasteiger charge is 2.18. The van der Waals surface area contributed by atoms with Gasteiger partial charge in [0.25, 0.3) is 0 Å². The molecule has 0 amide bonds. The standard InChI is InChI=1S/C17H26N2O4.ClH/c1-14(12-19-10-8-18(2)9-11-19)23-17(20)13-22-16-6-4-15(21-3)5-7-16;/h4-7,14H,8-13H2,1-3H3;1H. The fourth-order valence-corrected chi connectivity index (χ4v) is 2.50. The number of benzene rings is 1. The maximum atomic E-state index is 11.8. The lowest BCUT2D eigenvalue weighted by Crippen LogP contribution is -2.47. The predicted octanol–water partition coefficient (Wildman–Crippen LogP) is 1.67. The number of carbonyl (C=O) groups is 1. The number of piperazine rings is 1. The first-order valence-corrected chi connectivity index (χ1v) is 7.94. The van der Waals surface area contributed by atoms with Crippen LogP contribution in [0.1, 0.15) is 6.92 Å². The maximum absolute atomic E-state index is 11.8. The molecule has 2 rings (SSSR count). The number of likely N-dealkylation sites (N-methyl/N-ethyl adjacent to an activating group) is 1. The number of methoxy groups -OCH3 is 1. The topological polar surface area (TPSA) is 51.2 Å². The molecule has 1 aromatic carbocycles. The predicted molar refractivity (Wildman–Crippen MR) is 95.2 cm³/mol. The van der Waals surface area contributed by atoms with Crippen molar-refractivity contribution in [2.75, 3.05) is 53.5 Å². The second kappa shape index (κ2) is 10.4. The van der Waals surface area contributed by atoms with Crippen molar-refractivity contribution in [2.45, 2.75) is 13.0 Å². The minimum Gasteiger partial charge on any atom is -0.497 e. The van der Waals surface area contributed by atoms with Crippen molar-refractivity contribution < 1.29 is 19.0 Å². The largest absolute Gasteiger partial charge is 0.497 e. The minimum atomic E-state index is -0.345. The molecule has 0 spiro atoms. The molecule has 6 nitrogen and oxygen atoms in total. The second-order valence-corrected chi connectivity index (χ2v) is 5.87. The van der Waals surface area contributed by atoms with Crippen molar-refractivity contribution >= 4 is 18.4 Å². The molecule has 24 heavy (non-hydrogen) atoms. The van der Waals surface area contributed by atoms with Crippen LogP contribution < -0.4 is 9.47 Å². The van der Waals surface area contributed by atoms with E-state index in [2.05, 4.69) is 16.8 Å². The van der Waals surface area contributed by atoms with Crippen molar-refractivity contribution in [3.8, 4) is 11.5 Å². The molecule has 0 radical (unpaired) electrons. The molecule has 1 aliphatic heterocycles. The minimum absolute atomic E-state index is 0. The number of esters is 1. The van der Waals surface area contributed by atoms with Gasteiger partial charge in [-0.1, -0.05) is 0 Å². The molecule has 1 aliphatic rings. The van der Waals surface area contributed by atoms with Crippen LogP contribution in [0.4, 0.5) is 0 Å². The van der Waals surface area contributed by atoms with E-state index in [1.165, 1.54) is 0 Å². The summed E-state index contributed by atoms with van der Waals surface area (Å²) in [5.41, 5.74) is 0. The van der Waals surface area contributed by atoms with Crippen molar-refractivity contribution in [1.29, 1.82) is 0 Å². The van der Waals surface area contributed by atoms with Gasteiger partial charge in [-0.05, 0) is 38.2 Å². The summed E-state index contributed by atoms with van der Waals surface area (Å²) in [5.74, 6) is 1.03. The third-order valence-electron chi connectivity index (χ3n) is 3.86. The molecule has 1 aromatic rings. The Hall–Kier alpha value is -1.50. The first kappa shape index (κ1) is 20.5. The van der Waals surface area contributed by atoms with E-state index in [4.69, 9.17) is 14.2 Å². The highest BCUT2D eigenvalue weighted by molar-refractivity contribution is 5.85. The first-order chi connectivity index (χ1) is 11.1. The Balaban J connectivity index is 0.00000288. The van der Waals surface area contributed by atoms with Crippen LogP contribution in [0.15, 0.2) is 24.3 Å². The number of hydrogen-bond acceptors (Lipinski definition) is 6. The average Bonchev–Trinajstić information content (AvgIpc) is 2.55. The van der Waals surface area contributed by atoms with E-state index in [-0.39, 0.29) is 31.1 Å². The quantitative estimate of drug-likeness (QED) is 0.691. The maximum Gasteiger partial charge on any atom is 0.344 e. The number of ether oxygens (including phenoxy) is 3. The van der Waals surface area contributed by atoms with Gasteiger partial charge in [0.1, 0.15) is 17.6 Å². The molecule has 0 saturated carbocycles.